The Hall–Kier alpha value is -1.63. The summed E-state index contributed by atoms with van der Waals surface area (Å²) in [7, 11) is 1.33. The summed E-state index contributed by atoms with van der Waals surface area (Å²) in [5.41, 5.74) is -0.226. The summed E-state index contributed by atoms with van der Waals surface area (Å²) < 4.78 is 4.59. The molecule has 0 saturated heterocycles. The van der Waals surface area contributed by atoms with Crippen LogP contribution in [0.5, 0.6) is 0 Å². The van der Waals surface area contributed by atoms with Crippen LogP contribution in [0.4, 0.5) is 5.13 Å². The molecule has 0 aliphatic rings. The summed E-state index contributed by atoms with van der Waals surface area (Å²) in [5, 5.41) is 6.47. The molecule has 1 heterocycles. The zero-order valence-electron chi connectivity index (χ0n) is 11.6. The van der Waals surface area contributed by atoms with E-state index in [1.54, 1.807) is 0 Å². The van der Waals surface area contributed by atoms with Crippen molar-refractivity contribution in [2.24, 2.45) is 0 Å². The number of hydrogen-bond donors (Lipinski definition) is 2. The van der Waals surface area contributed by atoms with E-state index in [0.717, 1.165) is 0 Å². The Morgan fingerprint density at radius 2 is 2.11 bits per heavy atom. The predicted octanol–water partition coefficient (Wildman–Crippen LogP) is 1.65. The molecular formula is C12H19N3O3S. The number of carbonyl (C=O) groups is 2. The van der Waals surface area contributed by atoms with Gasteiger partial charge in [-0.2, -0.15) is 0 Å². The van der Waals surface area contributed by atoms with Gasteiger partial charge in [0.2, 0.25) is 5.91 Å². The number of carbonyl (C=O) groups excluding carboxylic acids is 2. The molecule has 0 aliphatic heterocycles. The molecule has 1 aromatic heterocycles. The molecule has 0 unspecified atom stereocenters. The summed E-state index contributed by atoms with van der Waals surface area (Å²) in [6.45, 7) is 6.27. The Kier molecular flexibility index (Phi) is 5.29. The van der Waals surface area contributed by atoms with E-state index in [2.05, 4.69) is 20.4 Å². The highest BCUT2D eigenvalue weighted by Gasteiger charge is 2.14. The SMILES string of the molecule is COC(=O)c1cnc(NCCC(=O)NC(C)(C)C)s1. The summed E-state index contributed by atoms with van der Waals surface area (Å²) in [4.78, 5) is 27.3. The molecule has 0 radical (unpaired) electrons. The molecule has 0 aliphatic carbocycles. The van der Waals surface area contributed by atoms with E-state index in [1.807, 2.05) is 20.8 Å². The van der Waals surface area contributed by atoms with Crippen LogP contribution < -0.4 is 10.6 Å². The average Bonchev–Trinajstić information content (AvgIpc) is 2.74. The number of aromatic nitrogens is 1. The van der Waals surface area contributed by atoms with Crippen LogP contribution >= 0.6 is 11.3 Å². The standard InChI is InChI=1S/C12H19N3O3S/c1-12(2,3)15-9(16)5-6-13-11-14-7-8(19-11)10(17)18-4/h7H,5-6H2,1-4H3,(H,13,14)(H,15,16). The van der Waals surface area contributed by atoms with E-state index < -0.39 is 5.97 Å². The maximum Gasteiger partial charge on any atom is 0.349 e. The van der Waals surface area contributed by atoms with E-state index >= 15 is 0 Å². The fraction of sp³-hybridized carbons (Fsp3) is 0.583. The molecule has 2 N–H and O–H groups in total. The van der Waals surface area contributed by atoms with Crippen molar-refractivity contribution in [3.05, 3.63) is 11.1 Å². The number of ether oxygens (including phenoxy) is 1. The molecular weight excluding hydrogens is 266 g/mol. The Labute approximate surface area is 116 Å². The highest BCUT2D eigenvalue weighted by Crippen LogP contribution is 2.18. The number of hydrogen-bond acceptors (Lipinski definition) is 6. The van der Waals surface area contributed by atoms with E-state index in [9.17, 15) is 9.59 Å². The highest BCUT2D eigenvalue weighted by atomic mass is 32.1. The van der Waals surface area contributed by atoms with Crippen LogP contribution in [0.2, 0.25) is 0 Å². The highest BCUT2D eigenvalue weighted by molar-refractivity contribution is 7.17. The first-order valence-corrected chi connectivity index (χ1v) is 6.72. The Balaban J connectivity index is 2.35. The first-order chi connectivity index (χ1) is 8.81. The van der Waals surface area contributed by atoms with Crippen LogP contribution in [0.25, 0.3) is 0 Å². The van der Waals surface area contributed by atoms with Gasteiger partial charge in [0.25, 0.3) is 0 Å². The van der Waals surface area contributed by atoms with Crippen LogP contribution in [0, 0.1) is 0 Å². The average molecular weight is 285 g/mol. The van der Waals surface area contributed by atoms with Gasteiger partial charge in [-0.25, -0.2) is 9.78 Å². The molecule has 1 amide bonds. The fourth-order valence-electron chi connectivity index (χ4n) is 1.31. The number of esters is 1. The first-order valence-electron chi connectivity index (χ1n) is 5.91. The number of anilines is 1. The van der Waals surface area contributed by atoms with Gasteiger partial charge in [0.15, 0.2) is 5.13 Å². The first kappa shape index (κ1) is 15.4. The van der Waals surface area contributed by atoms with Crippen LogP contribution in [-0.2, 0) is 9.53 Å². The third-order valence-electron chi connectivity index (χ3n) is 2.03. The predicted molar refractivity (Wildman–Crippen MR) is 74.5 cm³/mol. The quantitative estimate of drug-likeness (QED) is 0.804. The number of thiazole rings is 1. The minimum atomic E-state index is -0.406. The van der Waals surface area contributed by atoms with Gasteiger partial charge >= 0.3 is 5.97 Å². The lowest BCUT2D eigenvalue weighted by Gasteiger charge is -2.20. The third-order valence-corrected chi connectivity index (χ3v) is 2.97. The summed E-state index contributed by atoms with van der Waals surface area (Å²) in [5.74, 6) is -0.430. The van der Waals surface area contributed by atoms with Gasteiger partial charge in [-0.15, -0.1) is 0 Å². The van der Waals surface area contributed by atoms with Crippen molar-refractivity contribution in [1.29, 1.82) is 0 Å². The molecule has 0 aromatic carbocycles. The number of methoxy groups -OCH3 is 1. The number of nitrogens with zero attached hydrogens (tertiary/aromatic N) is 1. The van der Waals surface area contributed by atoms with Crippen LogP contribution in [0.3, 0.4) is 0 Å². The number of nitrogens with one attached hydrogen (secondary N) is 2. The van der Waals surface area contributed by atoms with Crippen molar-refractivity contribution >= 4 is 28.3 Å². The van der Waals surface area contributed by atoms with Crippen molar-refractivity contribution in [2.45, 2.75) is 32.7 Å². The lowest BCUT2D eigenvalue weighted by Crippen LogP contribution is -2.41. The Morgan fingerprint density at radius 3 is 2.68 bits per heavy atom. The minimum Gasteiger partial charge on any atom is -0.465 e. The normalized spacial score (nSPS) is 10.9. The van der Waals surface area contributed by atoms with Crippen LogP contribution in [-0.4, -0.2) is 36.1 Å². The second-order valence-corrected chi connectivity index (χ2v) is 6.03. The zero-order valence-corrected chi connectivity index (χ0v) is 12.4. The lowest BCUT2D eigenvalue weighted by molar-refractivity contribution is -0.122. The molecule has 1 rings (SSSR count). The maximum atomic E-state index is 11.6. The second kappa shape index (κ2) is 6.51. The summed E-state index contributed by atoms with van der Waals surface area (Å²) >= 11 is 1.20. The molecule has 6 nitrogen and oxygen atoms in total. The summed E-state index contributed by atoms with van der Waals surface area (Å²) in [6, 6.07) is 0. The summed E-state index contributed by atoms with van der Waals surface area (Å²) in [6.07, 6.45) is 1.80. The van der Waals surface area contributed by atoms with Crippen LogP contribution in [0.15, 0.2) is 6.20 Å². The number of amides is 1. The second-order valence-electron chi connectivity index (χ2n) is 5.00. The van der Waals surface area contributed by atoms with E-state index in [0.29, 0.717) is 23.0 Å². The molecule has 0 bridgehead atoms. The molecule has 7 heteroatoms. The Morgan fingerprint density at radius 1 is 1.42 bits per heavy atom. The van der Waals surface area contributed by atoms with Gasteiger partial charge in [0, 0.05) is 18.5 Å². The molecule has 0 spiro atoms. The monoisotopic (exact) mass is 285 g/mol. The van der Waals surface area contributed by atoms with Crippen LogP contribution in [0.1, 0.15) is 36.9 Å². The molecule has 0 fully saturated rings. The van der Waals surface area contributed by atoms with E-state index in [-0.39, 0.29) is 11.4 Å². The minimum absolute atomic E-state index is 0.0234. The molecule has 0 saturated carbocycles. The Bertz CT molecular complexity index is 451. The van der Waals surface area contributed by atoms with Crippen molar-refractivity contribution in [1.82, 2.24) is 10.3 Å². The maximum absolute atomic E-state index is 11.6. The zero-order chi connectivity index (χ0) is 14.5. The molecule has 19 heavy (non-hydrogen) atoms. The van der Waals surface area contributed by atoms with Crippen molar-refractivity contribution < 1.29 is 14.3 Å². The smallest absolute Gasteiger partial charge is 0.349 e. The van der Waals surface area contributed by atoms with Gasteiger partial charge < -0.3 is 15.4 Å². The molecule has 0 atom stereocenters. The largest absolute Gasteiger partial charge is 0.465 e. The lowest BCUT2D eigenvalue weighted by atomic mass is 10.1. The van der Waals surface area contributed by atoms with E-state index in [1.165, 1.54) is 24.6 Å². The van der Waals surface area contributed by atoms with Gasteiger partial charge in [-0.3, -0.25) is 4.79 Å². The molecule has 106 valence electrons. The van der Waals surface area contributed by atoms with Gasteiger partial charge in [0.1, 0.15) is 4.88 Å². The van der Waals surface area contributed by atoms with Crippen molar-refractivity contribution in [2.75, 3.05) is 19.0 Å². The van der Waals surface area contributed by atoms with Gasteiger partial charge in [0.05, 0.1) is 13.3 Å². The third kappa shape index (κ3) is 5.69. The topological polar surface area (TPSA) is 80.3 Å². The van der Waals surface area contributed by atoms with Gasteiger partial charge in [-0.1, -0.05) is 11.3 Å². The van der Waals surface area contributed by atoms with Gasteiger partial charge in [-0.05, 0) is 20.8 Å². The molecule has 1 aromatic rings. The fourth-order valence-corrected chi connectivity index (χ4v) is 2.07. The van der Waals surface area contributed by atoms with E-state index in [4.69, 9.17) is 0 Å². The number of rotatable bonds is 5. The van der Waals surface area contributed by atoms with Crippen molar-refractivity contribution in [3.8, 4) is 0 Å². The van der Waals surface area contributed by atoms with Crippen molar-refractivity contribution in [3.63, 3.8) is 0 Å².